The summed E-state index contributed by atoms with van der Waals surface area (Å²) in [5.41, 5.74) is 3.10. The number of nitrogens with zero attached hydrogens (tertiary/aromatic N) is 3. The number of rotatable bonds is 8. The normalized spacial score (nSPS) is 14.9. The van der Waals surface area contributed by atoms with E-state index in [9.17, 15) is 9.59 Å². The highest BCUT2D eigenvalue weighted by Gasteiger charge is 2.34. The predicted molar refractivity (Wildman–Crippen MR) is 170 cm³/mol. The maximum atomic E-state index is 14.1. The zero-order chi connectivity index (χ0) is 30.0. The lowest BCUT2D eigenvalue weighted by Crippen LogP contribution is -2.43. The minimum Gasteiger partial charge on any atom is -0.488 e. The van der Waals surface area contributed by atoms with Crippen LogP contribution < -0.4 is 19.6 Å². The van der Waals surface area contributed by atoms with Crippen LogP contribution in [0, 0.1) is 0 Å². The van der Waals surface area contributed by atoms with Gasteiger partial charge in [-0.25, -0.2) is 4.99 Å². The maximum absolute atomic E-state index is 14.1. The minimum absolute atomic E-state index is 0.151. The highest BCUT2D eigenvalue weighted by Crippen LogP contribution is 2.32. The van der Waals surface area contributed by atoms with Crippen LogP contribution >= 0.6 is 46.1 Å². The van der Waals surface area contributed by atoms with Crippen LogP contribution in [0.4, 0.5) is 0 Å². The average molecular weight is 641 g/mol. The number of allylic oxidation sites excluding steroid dienone is 1. The summed E-state index contributed by atoms with van der Waals surface area (Å²) in [6, 6.07) is 19.3. The molecule has 1 aliphatic rings. The fourth-order valence-corrected chi connectivity index (χ4v) is 6.49. The Labute approximate surface area is 262 Å². The fraction of sp³-hybridized carbons (Fsp3) is 0.219. The van der Waals surface area contributed by atoms with Crippen LogP contribution in [0.5, 0.6) is 5.75 Å². The molecular weight excluding hydrogens is 613 g/mol. The average Bonchev–Trinajstić information content (AvgIpc) is 3.27. The molecule has 0 N–H and O–H groups in total. The van der Waals surface area contributed by atoms with Crippen LogP contribution in [0.1, 0.15) is 43.5 Å². The topological polar surface area (TPSA) is 63.9 Å². The highest BCUT2D eigenvalue weighted by molar-refractivity contribution is 7.07. The van der Waals surface area contributed by atoms with Crippen LogP contribution in [-0.2, 0) is 11.4 Å². The SMILES string of the molecule is CCN(CC)C(=O)C1=C(C)N=c2s/c(=C/c3cc(Cl)ccc3OCc3cccc(Cl)c3)c(=O)n2[C@@H]1c1ccc(Cl)cc1. The largest absolute Gasteiger partial charge is 0.488 e. The molecular formula is C32H28Cl3N3O3S. The summed E-state index contributed by atoms with van der Waals surface area (Å²) in [4.78, 5) is 34.8. The molecule has 4 aromatic rings. The van der Waals surface area contributed by atoms with Crippen molar-refractivity contribution < 1.29 is 9.53 Å². The molecule has 0 radical (unpaired) electrons. The van der Waals surface area contributed by atoms with E-state index in [1.165, 1.54) is 11.3 Å². The van der Waals surface area contributed by atoms with Crippen LogP contribution in [-0.4, -0.2) is 28.5 Å². The number of carbonyl (C=O) groups excluding carboxylic acids is 1. The zero-order valence-corrected chi connectivity index (χ0v) is 26.3. The molecule has 0 saturated carbocycles. The van der Waals surface area contributed by atoms with Crippen molar-refractivity contribution in [2.45, 2.75) is 33.4 Å². The molecule has 1 aliphatic heterocycles. The van der Waals surface area contributed by atoms with Gasteiger partial charge in [0.15, 0.2) is 4.80 Å². The third-order valence-electron chi connectivity index (χ3n) is 7.03. The van der Waals surface area contributed by atoms with E-state index in [0.717, 1.165) is 11.1 Å². The number of thiazole rings is 1. The Morgan fingerprint density at radius 3 is 2.38 bits per heavy atom. The molecule has 10 heteroatoms. The van der Waals surface area contributed by atoms with Crippen molar-refractivity contribution in [2.75, 3.05) is 13.1 Å². The van der Waals surface area contributed by atoms with E-state index < -0.39 is 6.04 Å². The van der Waals surface area contributed by atoms with E-state index in [0.29, 0.717) is 60.1 Å². The Kier molecular flexibility index (Phi) is 9.23. The molecule has 0 bridgehead atoms. The highest BCUT2D eigenvalue weighted by atomic mass is 35.5. The molecule has 0 fully saturated rings. The van der Waals surface area contributed by atoms with Crippen LogP contribution in [0.25, 0.3) is 6.08 Å². The fourth-order valence-electron chi connectivity index (χ4n) is 4.93. The first-order chi connectivity index (χ1) is 20.2. The van der Waals surface area contributed by atoms with Gasteiger partial charge in [-0.1, -0.05) is 70.4 Å². The molecule has 1 amide bonds. The van der Waals surface area contributed by atoms with Gasteiger partial charge in [0, 0.05) is 33.7 Å². The van der Waals surface area contributed by atoms with E-state index in [2.05, 4.69) is 0 Å². The first-order valence-electron chi connectivity index (χ1n) is 13.4. The van der Waals surface area contributed by atoms with Gasteiger partial charge in [-0.2, -0.15) is 0 Å². The number of amides is 1. The smallest absolute Gasteiger partial charge is 0.271 e. The van der Waals surface area contributed by atoms with Crippen molar-refractivity contribution in [2.24, 2.45) is 4.99 Å². The quantitative estimate of drug-likeness (QED) is 0.217. The lowest BCUT2D eigenvalue weighted by molar-refractivity contribution is -0.127. The van der Waals surface area contributed by atoms with E-state index in [1.807, 2.05) is 51.1 Å². The third kappa shape index (κ3) is 6.20. The number of benzene rings is 3. The Bertz CT molecular complexity index is 1860. The number of carbonyl (C=O) groups is 1. The second-order valence-electron chi connectivity index (χ2n) is 9.71. The summed E-state index contributed by atoms with van der Waals surface area (Å²) < 4.78 is 8.15. The number of halogens is 3. The first kappa shape index (κ1) is 30.1. The number of ether oxygens (including phenoxy) is 1. The van der Waals surface area contributed by atoms with Crippen LogP contribution in [0.3, 0.4) is 0 Å². The predicted octanol–water partition coefficient (Wildman–Crippen LogP) is 6.64. The second-order valence-corrected chi connectivity index (χ2v) is 12.0. The minimum atomic E-state index is -0.660. The molecule has 5 rings (SSSR count). The van der Waals surface area contributed by atoms with Crippen molar-refractivity contribution in [3.05, 3.63) is 129 Å². The second kappa shape index (κ2) is 12.9. The van der Waals surface area contributed by atoms with Crippen LogP contribution in [0.15, 0.2) is 87.8 Å². The molecule has 0 spiro atoms. The summed E-state index contributed by atoms with van der Waals surface area (Å²) in [7, 11) is 0. The number of aromatic nitrogens is 1. The molecule has 216 valence electrons. The molecule has 6 nitrogen and oxygen atoms in total. The molecule has 0 unspecified atom stereocenters. The van der Waals surface area contributed by atoms with Gasteiger partial charge in [0.2, 0.25) is 0 Å². The number of likely N-dealkylation sites (N-methyl/N-ethyl adjacent to an activating group) is 1. The Balaban J connectivity index is 1.63. The van der Waals surface area contributed by atoms with E-state index in [4.69, 9.17) is 44.5 Å². The van der Waals surface area contributed by atoms with Crippen molar-refractivity contribution >= 4 is 58.1 Å². The lowest BCUT2D eigenvalue weighted by atomic mass is 9.94. The van der Waals surface area contributed by atoms with Gasteiger partial charge in [0.05, 0.1) is 21.8 Å². The Hall–Kier alpha value is -3.36. The van der Waals surface area contributed by atoms with Crippen molar-refractivity contribution in [3.8, 4) is 5.75 Å². The summed E-state index contributed by atoms with van der Waals surface area (Å²) in [5, 5.41) is 1.69. The molecule has 3 aromatic carbocycles. The van der Waals surface area contributed by atoms with Gasteiger partial charge in [-0.3, -0.25) is 14.2 Å². The van der Waals surface area contributed by atoms with Gasteiger partial charge in [-0.05, 0) is 80.4 Å². The number of hydrogen-bond acceptors (Lipinski definition) is 5. The van der Waals surface area contributed by atoms with E-state index in [-0.39, 0.29) is 18.1 Å². The maximum Gasteiger partial charge on any atom is 0.271 e. The standard InChI is InChI=1S/C32H28Cl3N3O3S/c1-4-37(5-2)31(40)28-19(3)36-32-38(29(28)21-9-11-23(33)12-10-21)30(39)27(42-32)17-22-16-25(35)13-14-26(22)41-18-20-7-6-8-24(34)15-20/h6-17,29H,4-5,18H2,1-3H3/b27-17+/t29-/m1/s1. The van der Waals surface area contributed by atoms with Gasteiger partial charge in [0.1, 0.15) is 12.4 Å². The van der Waals surface area contributed by atoms with Crippen molar-refractivity contribution in [3.63, 3.8) is 0 Å². The monoisotopic (exact) mass is 639 g/mol. The zero-order valence-electron chi connectivity index (χ0n) is 23.2. The van der Waals surface area contributed by atoms with E-state index in [1.54, 1.807) is 51.9 Å². The molecule has 1 atom stereocenters. The number of hydrogen-bond donors (Lipinski definition) is 0. The van der Waals surface area contributed by atoms with Gasteiger partial charge >= 0.3 is 0 Å². The first-order valence-corrected chi connectivity index (χ1v) is 15.4. The molecule has 42 heavy (non-hydrogen) atoms. The van der Waals surface area contributed by atoms with Crippen molar-refractivity contribution in [1.29, 1.82) is 0 Å². The van der Waals surface area contributed by atoms with Gasteiger partial charge in [0.25, 0.3) is 11.5 Å². The summed E-state index contributed by atoms with van der Waals surface area (Å²) in [6.07, 6.45) is 1.76. The summed E-state index contributed by atoms with van der Waals surface area (Å²) >= 11 is 19.9. The Morgan fingerprint density at radius 2 is 1.69 bits per heavy atom. The van der Waals surface area contributed by atoms with Crippen LogP contribution in [0.2, 0.25) is 15.1 Å². The van der Waals surface area contributed by atoms with Crippen molar-refractivity contribution in [1.82, 2.24) is 9.47 Å². The molecule has 0 saturated heterocycles. The molecule has 1 aromatic heterocycles. The lowest BCUT2D eigenvalue weighted by Gasteiger charge is -2.29. The summed E-state index contributed by atoms with van der Waals surface area (Å²) in [6.45, 7) is 7.04. The molecule has 2 heterocycles. The number of fused-ring (bicyclic) bond motifs is 1. The van der Waals surface area contributed by atoms with E-state index >= 15 is 0 Å². The molecule has 0 aliphatic carbocycles. The third-order valence-corrected chi connectivity index (χ3v) is 8.74. The van der Waals surface area contributed by atoms with Gasteiger partial charge < -0.3 is 9.64 Å². The van der Waals surface area contributed by atoms with Gasteiger partial charge in [-0.15, -0.1) is 0 Å². The Morgan fingerprint density at radius 1 is 1.00 bits per heavy atom. The summed E-state index contributed by atoms with van der Waals surface area (Å²) in [5.74, 6) is 0.412.